The van der Waals surface area contributed by atoms with E-state index >= 15 is 9.18 Å². The number of anilines is 1. The Kier molecular flexibility index (Phi) is 5.85. The van der Waals surface area contributed by atoms with Crippen LogP contribution in [0.4, 0.5) is 27.6 Å². The second-order valence-corrected chi connectivity index (χ2v) is 11.8. The number of aliphatic hydroxyl groups is 1. The van der Waals surface area contributed by atoms with Gasteiger partial charge < -0.3 is 24.5 Å². The normalized spacial score (nSPS) is 29.3. The maximum atomic E-state index is 15.8. The Morgan fingerprint density at radius 1 is 1.09 bits per heavy atom. The molecule has 1 fully saturated rings. The predicted octanol–water partition coefficient (Wildman–Crippen LogP) is 8.73. The number of halogens is 5. The molecule has 6 nitrogen and oxygen atoms in total. The summed E-state index contributed by atoms with van der Waals surface area (Å²) < 4.78 is 285. The zero-order valence-corrected chi connectivity index (χ0v) is 27.9. The minimum absolute atomic E-state index is 0.108. The van der Waals surface area contributed by atoms with E-state index in [9.17, 15) is 32.3 Å². The summed E-state index contributed by atoms with van der Waals surface area (Å²) in [4.78, 5) is 14.1. The maximum Gasteiger partial charge on any atom is 0.416 e. The van der Waals surface area contributed by atoms with Gasteiger partial charge in [0.15, 0.2) is 11.6 Å². The van der Waals surface area contributed by atoms with Crippen LogP contribution in [0.1, 0.15) is 79.6 Å². The summed E-state index contributed by atoms with van der Waals surface area (Å²) in [7, 11) is -3.90. The van der Waals surface area contributed by atoms with Crippen LogP contribution in [0, 0.1) is 18.6 Å². The Hall–Kier alpha value is -4.23. The molecule has 2 aliphatic heterocycles. The molecule has 2 heterocycles. The molecule has 0 saturated carbocycles. The number of nitrogens with zero attached hydrogens (tertiary/aromatic N) is 3. The van der Waals surface area contributed by atoms with Crippen molar-refractivity contribution in [2.45, 2.75) is 50.2 Å². The lowest BCUT2D eigenvalue weighted by Gasteiger charge is -2.40. The lowest BCUT2D eigenvalue weighted by Crippen LogP contribution is -2.50. The van der Waals surface area contributed by atoms with Crippen molar-refractivity contribution in [3.63, 3.8) is 0 Å². The van der Waals surface area contributed by atoms with Crippen LogP contribution in [-0.2, 0) is 28.0 Å². The lowest BCUT2D eigenvalue weighted by molar-refractivity contribution is -0.137. The minimum Gasteiger partial charge on any atom is -0.384 e. The Labute approximate surface area is 344 Å². The maximum absolute atomic E-state index is 15.8. The Morgan fingerprint density at radius 2 is 1.79 bits per heavy atom. The summed E-state index contributed by atoms with van der Waals surface area (Å²) in [6.45, 7) is -23.4. The molecule has 1 saturated heterocycles. The van der Waals surface area contributed by atoms with Crippen molar-refractivity contribution in [2.75, 3.05) is 44.5 Å². The van der Waals surface area contributed by atoms with E-state index < -0.39 is 185 Å². The number of methoxy groups -OCH3 is 1. The fourth-order valence-corrected chi connectivity index (χ4v) is 5.65. The third-order valence-corrected chi connectivity index (χ3v) is 8.27. The summed E-state index contributed by atoms with van der Waals surface area (Å²) in [6, 6.07) is 0.808. The molecule has 0 bridgehead atoms. The number of piperidine rings is 1. The number of hydrogen-bond acceptors (Lipinski definition) is 6. The van der Waals surface area contributed by atoms with Gasteiger partial charge in [-0.2, -0.15) is 13.2 Å². The highest BCUT2D eigenvalue weighted by Gasteiger charge is 2.33. The van der Waals surface area contributed by atoms with Crippen molar-refractivity contribution in [3.05, 3.63) is 135 Å². The first kappa shape index (κ1) is 18.4. The topological polar surface area (TPSA) is 56.3 Å². The van der Waals surface area contributed by atoms with E-state index in [2.05, 4.69) is 4.74 Å². The van der Waals surface area contributed by atoms with Gasteiger partial charge in [0, 0.05) is 78.1 Å². The van der Waals surface area contributed by atoms with Gasteiger partial charge in [0.05, 0.1) is 33.6 Å². The summed E-state index contributed by atoms with van der Waals surface area (Å²) in [5.74, 6) is -6.00. The second kappa shape index (κ2) is 16.8. The molecule has 12 heteroatoms. The summed E-state index contributed by atoms with van der Waals surface area (Å²) in [6.07, 6.45) is -16.8. The first-order valence-electron chi connectivity index (χ1n) is 27.1. The van der Waals surface area contributed by atoms with Crippen LogP contribution in [-0.4, -0.2) is 66.4 Å². The molecule has 0 spiro atoms. The van der Waals surface area contributed by atoms with Crippen LogP contribution in [0.5, 0.6) is 0 Å². The van der Waals surface area contributed by atoms with E-state index in [0.29, 0.717) is 12.1 Å². The molecule has 6 rings (SSSR count). The average Bonchev–Trinajstić information content (AvgIpc) is 3.29. The molecule has 1 N–H and O–H groups in total. The average molecular weight is 776 g/mol. The number of carbonyl (C=O) groups is 1. The van der Waals surface area contributed by atoms with Gasteiger partial charge in [-0.05, 0) is 66.7 Å². The molecule has 280 valence electrons. The van der Waals surface area contributed by atoms with Gasteiger partial charge >= 0.3 is 6.18 Å². The van der Waals surface area contributed by atoms with Crippen molar-refractivity contribution in [3.8, 4) is 11.1 Å². The molecule has 0 aliphatic carbocycles. The monoisotopic (exact) mass is 775 g/mol. The highest BCUT2D eigenvalue weighted by molar-refractivity contribution is 8.02. The zero-order valence-electron chi connectivity index (χ0n) is 51.0. The molecule has 1 atom stereocenters. The van der Waals surface area contributed by atoms with Crippen LogP contribution in [0.25, 0.3) is 11.1 Å². The van der Waals surface area contributed by atoms with Gasteiger partial charge in [-0.3, -0.25) is 4.79 Å². The van der Waals surface area contributed by atoms with Crippen LogP contribution < -0.4 is 4.90 Å². The first-order valence-corrected chi connectivity index (χ1v) is 16.0. The Balaban J connectivity index is 1.66. The molecule has 2 aliphatic rings. The molecule has 0 aromatic heterocycles. The first-order chi connectivity index (χ1) is 34.6. The lowest BCUT2D eigenvalue weighted by atomic mass is 9.99. The molecule has 53 heavy (non-hydrogen) atoms. The van der Waals surface area contributed by atoms with Crippen molar-refractivity contribution in [1.82, 2.24) is 9.80 Å². The Bertz CT molecular complexity index is 2990. The summed E-state index contributed by atoms with van der Waals surface area (Å²) in [5.41, 5.74) is -8.37. The number of hydrogen-bond donors (Lipinski definition) is 1. The number of ether oxygens (including phenoxy) is 1. The number of aliphatic hydroxyl groups excluding tert-OH is 1. The summed E-state index contributed by atoms with van der Waals surface area (Å²) in [5, 5.41) is 10.2. The molecule has 4 aromatic rings. The third kappa shape index (κ3) is 9.29. The largest absolute Gasteiger partial charge is 0.416 e. The van der Waals surface area contributed by atoms with E-state index in [1.54, 1.807) is 0 Å². The fraction of sp³-hybridized carbons (Fsp3) is 0.341. The predicted molar refractivity (Wildman–Crippen MR) is 198 cm³/mol. The van der Waals surface area contributed by atoms with Gasteiger partial charge in [0.1, 0.15) is 12.6 Å². The molecule has 0 radical (unpaired) electrons. The van der Waals surface area contributed by atoms with Crippen molar-refractivity contribution >= 4 is 23.4 Å². The van der Waals surface area contributed by atoms with Crippen molar-refractivity contribution < 1.29 is 69.5 Å². The standard InChI is InChI=1S/C41H42F5N3O3S/c1-27-6-15-36-34(22-27)37(50)23-39(53-26-31-4-3-5-35(42)40(31)43)49(36)25-38(51)48(33-16-18-47(19-17-33)20-21-52-2)24-28-7-9-29(10-8-28)30-11-13-32(14-12-30)41(44,45)46/h3-15,22-23,33,37,50H,16-21,24-26H2,1-2H3/i2D3,6D,15D,16D2,17D2,18D2,19D2,20D2,21D2,22D,23D,25D2,26D2,33D. The number of benzene rings is 4. The fourth-order valence-electron chi connectivity index (χ4n) is 4.89. The number of fused-ring (bicyclic) bond motifs is 1. The molecular formula is C41H42F5N3O3S. The van der Waals surface area contributed by atoms with Crippen molar-refractivity contribution in [2.24, 2.45) is 0 Å². The number of rotatable bonds is 12. The van der Waals surface area contributed by atoms with Gasteiger partial charge in [0.25, 0.3) is 0 Å². The summed E-state index contributed by atoms with van der Waals surface area (Å²) >= 11 is -0.434. The van der Waals surface area contributed by atoms with Gasteiger partial charge in [-0.1, -0.05) is 66.2 Å². The van der Waals surface area contributed by atoms with E-state index in [0.717, 1.165) is 61.5 Å². The smallest absolute Gasteiger partial charge is 0.384 e. The van der Waals surface area contributed by atoms with E-state index in [1.165, 1.54) is 0 Å². The van der Waals surface area contributed by atoms with E-state index in [-0.39, 0.29) is 16.0 Å². The van der Waals surface area contributed by atoms with Gasteiger partial charge in [0.2, 0.25) is 5.91 Å². The van der Waals surface area contributed by atoms with Crippen LogP contribution in [0.15, 0.2) is 95.9 Å². The molecular weight excluding hydrogens is 710 g/mol. The SMILES string of the molecule is [2H]C1=C(SC([2H])([2H])c2cccc(F)c2F)N(C([2H])([2H])C(=O)N(Cc2ccc(-c3ccc(C(F)(F)F)cc3)cc2)C2([2H])C([2H])([2H])C([2H])([2H])N(C([2H])([2H])C([2H])([2H])OC([2H])([2H])[2H])C([2H])([2H])C2([2H])[2H])c2c([2H])c([2H])c(C)c([2H])c2C1O. The number of alkyl halides is 3. The third-order valence-electron chi connectivity index (χ3n) is 7.46. The van der Waals surface area contributed by atoms with Gasteiger partial charge in [-0.25, -0.2) is 8.78 Å². The number of thioether (sulfide) groups is 1. The van der Waals surface area contributed by atoms with E-state index in [1.807, 2.05) is 0 Å². The van der Waals surface area contributed by atoms with Crippen LogP contribution in [0.2, 0.25) is 0 Å². The minimum atomic E-state index is -4.76. The highest BCUT2D eigenvalue weighted by atomic mass is 32.2. The quantitative estimate of drug-likeness (QED) is 0.146. The second-order valence-electron chi connectivity index (χ2n) is 11.0. The number of carbonyl (C=O) groups excluding carboxylic acids is 1. The van der Waals surface area contributed by atoms with Gasteiger partial charge in [-0.15, -0.1) is 11.8 Å². The van der Waals surface area contributed by atoms with Crippen molar-refractivity contribution in [1.29, 1.82) is 0 Å². The molecule has 1 unspecified atom stereocenters. The highest BCUT2D eigenvalue weighted by Crippen LogP contribution is 2.41. The Morgan fingerprint density at radius 3 is 2.47 bits per heavy atom. The van der Waals surface area contributed by atoms with E-state index in [4.69, 9.17) is 23.3 Å². The zero-order chi connectivity index (χ0) is 58.9. The van der Waals surface area contributed by atoms with Crippen LogP contribution in [0.3, 0.4) is 0 Å². The number of amides is 1. The molecule has 4 aromatic carbocycles. The number of likely N-dealkylation sites (tertiary alicyclic amines) is 1. The molecule has 1 amide bonds. The van der Waals surface area contributed by atoms with Crippen LogP contribution >= 0.6 is 11.8 Å².